The molecule has 2 aromatic rings. The van der Waals surface area contributed by atoms with Crippen LogP contribution < -0.4 is 0 Å². The topological polar surface area (TPSA) is 0 Å². The SMILES string of the molecule is CC1CCC(c2ccc(-c3ccc(C4CCC(C[Si])CC4)cc3)cc2)CC1. The maximum atomic E-state index is 3.70. The maximum absolute atomic E-state index is 3.70. The summed E-state index contributed by atoms with van der Waals surface area (Å²) in [7, 11) is 3.70. The van der Waals surface area contributed by atoms with Crippen molar-refractivity contribution in [1.82, 2.24) is 0 Å². The molecule has 2 aromatic carbocycles. The Morgan fingerprint density at radius 3 is 1.44 bits per heavy atom. The molecule has 0 N–H and O–H groups in total. The summed E-state index contributed by atoms with van der Waals surface area (Å²) in [6.07, 6.45) is 11.0. The Kier molecular flexibility index (Phi) is 6.17. The minimum Gasteiger partial charge on any atom is -0.0625 e. The lowest BCUT2D eigenvalue weighted by molar-refractivity contribution is 0.348. The maximum Gasteiger partial charge on any atom is 0.0225 e. The largest absolute Gasteiger partial charge is 0.0625 e. The molecular formula is C26H33Si. The summed E-state index contributed by atoms with van der Waals surface area (Å²) < 4.78 is 0. The van der Waals surface area contributed by atoms with Crippen molar-refractivity contribution in [2.24, 2.45) is 11.8 Å². The van der Waals surface area contributed by atoms with Crippen LogP contribution in [0.25, 0.3) is 11.1 Å². The van der Waals surface area contributed by atoms with Gasteiger partial charge >= 0.3 is 0 Å². The Labute approximate surface area is 169 Å². The first kappa shape index (κ1) is 19.0. The van der Waals surface area contributed by atoms with Crippen LogP contribution in [0.3, 0.4) is 0 Å². The van der Waals surface area contributed by atoms with Crippen LogP contribution in [0.1, 0.15) is 81.3 Å². The summed E-state index contributed by atoms with van der Waals surface area (Å²) >= 11 is 0. The molecule has 2 aliphatic rings. The highest BCUT2D eigenvalue weighted by Gasteiger charge is 2.21. The van der Waals surface area contributed by atoms with E-state index in [0.29, 0.717) is 0 Å². The van der Waals surface area contributed by atoms with Crippen molar-refractivity contribution in [1.29, 1.82) is 0 Å². The van der Waals surface area contributed by atoms with E-state index in [9.17, 15) is 0 Å². The second-order valence-corrected chi connectivity index (χ2v) is 9.53. The molecule has 2 aliphatic carbocycles. The molecule has 0 aliphatic heterocycles. The Hall–Kier alpha value is -1.34. The van der Waals surface area contributed by atoms with Crippen LogP contribution >= 0.6 is 0 Å². The summed E-state index contributed by atoms with van der Waals surface area (Å²) in [4.78, 5) is 0. The van der Waals surface area contributed by atoms with Crippen LogP contribution in [0.5, 0.6) is 0 Å². The van der Waals surface area contributed by atoms with E-state index in [4.69, 9.17) is 0 Å². The summed E-state index contributed by atoms with van der Waals surface area (Å²) in [6, 6.07) is 20.0. The van der Waals surface area contributed by atoms with Gasteiger partial charge in [-0.05, 0) is 71.6 Å². The van der Waals surface area contributed by atoms with E-state index < -0.39 is 0 Å². The average molecular weight is 374 g/mol. The summed E-state index contributed by atoms with van der Waals surface area (Å²) in [5.74, 6) is 3.37. The van der Waals surface area contributed by atoms with E-state index in [1.165, 1.54) is 68.5 Å². The fourth-order valence-electron chi connectivity index (χ4n) is 5.19. The molecule has 0 bridgehead atoms. The van der Waals surface area contributed by atoms with Gasteiger partial charge < -0.3 is 0 Å². The average Bonchev–Trinajstić information content (AvgIpc) is 2.75. The molecule has 2 fully saturated rings. The summed E-state index contributed by atoms with van der Waals surface area (Å²) in [5, 5.41) is 0. The fourth-order valence-corrected chi connectivity index (χ4v) is 5.60. The number of hydrogen-bond acceptors (Lipinski definition) is 0. The second kappa shape index (κ2) is 8.77. The third-order valence-electron chi connectivity index (χ3n) is 7.25. The standard InChI is InChI=1S/C26H33Si/c1-19-2-6-21(7-3-19)23-10-14-25(15-11-23)26-16-12-24(13-17-26)22-8-4-20(18-27)5-9-22/h10-17,19-22H,2-9,18H2,1H3. The van der Waals surface area contributed by atoms with Crippen LogP contribution in [0.15, 0.2) is 48.5 Å². The Morgan fingerprint density at radius 1 is 0.630 bits per heavy atom. The van der Waals surface area contributed by atoms with E-state index in [1.54, 1.807) is 11.1 Å². The zero-order valence-corrected chi connectivity index (χ0v) is 17.8. The van der Waals surface area contributed by atoms with Gasteiger partial charge in [-0.15, -0.1) is 0 Å². The van der Waals surface area contributed by atoms with Gasteiger partial charge in [-0.2, -0.15) is 0 Å². The second-order valence-electron chi connectivity index (χ2n) is 9.12. The molecular weight excluding hydrogens is 340 g/mol. The van der Waals surface area contributed by atoms with Gasteiger partial charge in [-0.25, -0.2) is 0 Å². The molecule has 0 heterocycles. The highest BCUT2D eigenvalue weighted by molar-refractivity contribution is 6.08. The molecule has 1 heteroatoms. The van der Waals surface area contributed by atoms with E-state index in [1.807, 2.05) is 0 Å². The Balaban J connectivity index is 1.40. The van der Waals surface area contributed by atoms with E-state index in [2.05, 4.69) is 65.7 Å². The molecule has 0 saturated heterocycles. The van der Waals surface area contributed by atoms with Gasteiger partial charge in [0, 0.05) is 10.2 Å². The van der Waals surface area contributed by atoms with Crippen LogP contribution in [-0.2, 0) is 0 Å². The number of benzene rings is 2. The number of rotatable bonds is 4. The lowest BCUT2D eigenvalue weighted by atomic mass is 9.79. The van der Waals surface area contributed by atoms with E-state index in [0.717, 1.165) is 23.7 Å². The van der Waals surface area contributed by atoms with Gasteiger partial charge in [0.15, 0.2) is 0 Å². The zero-order chi connectivity index (χ0) is 18.6. The molecule has 141 valence electrons. The highest BCUT2D eigenvalue weighted by atomic mass is 28.1. The molecule has 0 aromatic heterocycles. The first-order valence-electron chi connectivity index (χ1n) is 11.1. The van der Waals surface area contributed by atoms with Gasteiger partial charge in [0.1, 0.15) is 0 Å². The van der Waals surface area contributed by atoms with Crippen molar-refractivity contribution >= 4 is 10.2 Å². The van der Waals surface area contributed by atoms with Gasteiger partial charge in [-0.3, -0.25) is 0 Å². The smallest absolute Gasteiger partial charge is 0.0225 e. The fraction of sp³-hybridized carbons (Fsp3) is 0.538. The zero-order valence-electron chi connectivity index (χ0n) is 16.8. The van der Waals surface area contributed by atoms with Crippen molar-refractivity contribution in [2.75, 3.05) is 0 Å². The molecule has 27 heavy (non-hydrogen) atoms. The van der Waals surface area contributed by atoms with Crippen LogP contribution in [0.4, 0.5) is 0 Å². The van der Waals surface area contributed by atoms with Crippen LogP contribution in [-0.4, -0.2) is 10.2 Å². The molecule has 0 amide bonds. The molecule has 0 atom stereocenters. The predicted octanol–water partition coefficient (Wildman–Crippen LogP) is 7.51. The quantitative estimate of drug-likeness (QED) is 0.486. The van der Waals surface area contributed by atoms with Crippen LogP contribution in [0.2, 0.25) is 6.04 Å². The summed E-state index contributed by atoms with van der Waals surface area (Å²) in [5.41, 5.74) is 5.80. The first-order valence-corrected chi connectivity index (χ1v) is 11.8. The van der Waals surface area contributed by atoms with Gasteiger partial charge in [0.25, 0.3) is 0 Å². The molecule has 0 unspecified atom stereocenters. The summed E-state index contributed by atoms with van der Waals surface area (Å²) in [6.45, 7) is 2.40. The monoisotopic (exact) mass is 373 g/mol. The van der Waals surface area contributed by atoms with Crippen molar-refractivity contribution in [2.45, 2.75) is 76.2 Å². The predicted molar refractivity (Wildman–Crippen MR) is 118 cm³/mol. The first-order chi connectivity index (χ1) is 13.2. The van der Waals surface area contributed by atoms with Crippen molar-refractivity contribution in [3.63, 3.8) is 0 Å². The minimum atomic E-state index is 0.768. The van der Waals surface area contributed by atoms with Gasteiger partial charge in [0.05, 0.1) is 0 Å². The van der Waals surface area contributed by atoms with Crippen molar-refractivity contribution < 1.29 is 0 Å². The van der Waals surface area contributed by atoms with Gasteiger partial charge in [-0.1, -0.05) is 87.2 Å². The molecule has 3 radical (unpaired) electrons. The van der Waals surface area contributed by atoms with Gasteiger partial charge in [0.2, 0.25) is 0 Å². The Bertz CT molecular complexity index is 699. The number of hydrogen-bond donors (Lipinski definition) is 0. The normalized spacial score (nSPS) is 28.8. The van der Waals surface area contributed by atoms with E-state index >= 15 is 0 Å². The molecule has 0 spiro atoms. The van der Waals surface area contributed by atoms with Crippen molar-refractivity contribution in [3.05, 3.63) is 59.7 Å². The molecule has 0 nitrogen and oxygen atoms in total. The lowest BCUT2D eigenvalue weighted by Gasteiger charge is -2.28. The minimum absolute atomic E-state index is 0.768. The van der Waals surface area contributed by atoms with E-state index in [-0.39, 0.29) is 0 Å². The third-order valence-corrected chi connectivity index (χ3v) is 7.83. The molecule has 4 rings (SSSR count). The van der Waals surface area contributed by atoms with Crippen LogP contribution in [0, 0.1) is 11.8 Å². The molecule has 2 saturated carbocycles. The third kappa shape index (κ3) is 4.56. The lowest BCUT2D eigenvalue weighted by Crippen LogP contribution is -2.12. The van der Waals surface area contributed by atoms with Crippen molar-refractivity contribution in [3.8, 4) is 11.1 Å². The highest BCUT2D eigenvalue weighted by Crippen LogP contribution is 2.38. The Morgan fingerprint density at radius 2 is 1.04 bits per heavy atom.